The molecule has 5 heteroatoms. The number of nitrogens with one attached hydrogen (secondary N) is 1. The first-order chi connectivity index (χ1) is 9.17. The first-order valence-electron chi connectivity index (χ1n) is 7.04. The molecule has 0 aromatic rings. The van der Waals surface area contributed by atoms with E-state index in [1.54, 1.807) is 6.08 Å². The number of amides is 1. The standard InChI is InChI=1S/C15H25NO4/c1-10(2)8-12(9-11-6-7-19-13(11)17)16-14(18)20-15(3,4)5/h9-10,12H,6-8H2,1-5H3,(H,16,18)/b11-9+/t12-/m0/s1. The van der Waals surface area contributed by atoms with Crippen molar-refractivity contribution in [2.75, 3.05) is 6.61 Å². The van der Waals surface area contributed by atoms with Crippen molar-refractivity contribution in [1.82, 2.24) is 5.32 Å². The topological polar surface area (TPSA) is 64.6 Å². The molecule has 1 heterocycles. The highest BCUT2D eigenvalue weighted by Gasteiger charge is 2.23. The van der Waals surface area contributed by atoms with E-state index in [0.29, 0.717) is 24.5 Å². The Morgan fingerprint density at radius 1 is 1.45 bits per heavy atom. The van der Waals surface area contributed by atoms with Crippen molar-refractivity contribution < 1.29 is 19.1 Å². The molecule has 1 atom stereocenters. The number of rotatable bonds is 4. The molecule has 1 rings (SSSR count). The highest BCUT2D eigenvalue weighted by atomic mass is 16.6. The Kier molecular flexibility index (Phi) is 5.60. The first kappa shape index (κ1) is 16.5. The van der Waals surface area contributed by atoms with Gasteiger partial charge in [-0.3, -0.25) is 0 Å². The lowest BCUT2D eigenvalue weighted by Gasteiger charge is -2.23. The van der Waals surface area contributed by atoms with Crippen LogP contribution in [0.25, 0.3) is 0 Å². The average Bonchev–Trinajstić information content (AvgIpc) is 2.60. The summed E-state index contributed by atoms with van der Waals surface area (Å²) in [5, 5.41) is 2.81. The highest BCUT2D eigenvalue weighted by Crippen LogP contribution is 2.17. The second kappa shape index (κ2) is 6.77. The third-order valence-electron chi connectivity index (χ3n) is 2.70. The molecule has 0 spiro atoms. The summed E-state index contributed by atoms with van der Waals surface area (Å²) < 4.78 is 10.2. The van der Waals surface area contributed by atoms with Crippen LogP contribution in [0.15, 0.2) is 11.6 Å². The molecular weight excluding hydrogens is 258 g/mol. The van der Waals surface area contributed by atoms with E-state index in [9.17, 15) is 9.59 Å². The fourth-order valence-corrected chi connectivity index (χ4v) is 1.98. The van der Waals surface area contributed by atoms with Crippen molar-refractivity contribution in [3.8, 4) is 0 Å². The molecule has 1 saturated heterocycles. The molecule has 1 fully saturated rings. The van der Waals surface area contributed by atoms with Crippen molar-refractivity contribution in [3.05, 3.63) is 11.6 Å². The Morgan fingerprint density at radius 2 is 2.10 bits per heavy atom. The molecule has 0 aliphatic carbocycles. The smallest absolute Gasteiger partial charge is 0.408 e. The van der Waals surface area contributed by atoms with Gasteiger partial charge in [0.25, 0.3) is 0 Å². The Bertz CT molecular complexity index is 393. The van der Waals surface area contributed by atoms with Crippen molar-refractivity contribution in [2.45, 2.75) is 59.1 Å². The largest absolute Gasteiger partial charge is 0.462 e. The number of cyclic esters (lactones) is 1. The Labute approximate surface area is 120 Å². The second-order valence-electron chi connectivity index (χ2n) is 6.46. The third-order valence-corrected chi connectivity index (χ3v) is 2.70. The molecule has 1 aliphatic rings. The summed E-state index contributed by atoms with van der Waals surface area (Å²) >= 11 is 0. The lowest BCUT2D eigenvalue weighted by Crippen LogP contribution is -2.39. The average molecular weight is 283 g/mol. The number of alkyl carbamates (subject to hydrolysis) is 1. The normalized spacial score (nSPS) is 19.1. The van der Waals surface area contributed by atoms with Crippen LogP contribution in [0, 0.1) is 5.92 Å². The van der Waals surface area contributed by atoms with E-state index in [2.05, 4.69) is 19.2 Å². The molecule has 20 heavy (non-hydrogen) atoms. The maximum Gasteiger partial charge on any atom is 0.408 e. The van der Waals surface area contributed by atoms with Gasteiger partial charge in [-0.15, -0.1) is 0 Å². The zero-order chi connectivity index (χ0) is 15.3. The lowest BCUT2D eigenvalue weighted by atomic mass is 10.0. The van der Waals surface area contributed by atoms with E-state index in [4.69, 9.17) is 9.47 Å². The molecular formula is C15H25NO4. The van der Waals surface area contributed by atoms with E-state index >= 15 is 0 Å². The monoisotopic (exact) mass is 283 g/mol. The molecule has 5 nitrogen and oxygen atoms in total. The summed E-state index contributed by atoms with van der Waals surface area (Å²) in [6, 6.07) is -0.217. The van der Waals surface area contributed by atoms with Crippen molar-refractivity contribution >= 4 is 12.1 Å². The molecule has 0 unspecified atom stereocenters. The van der Waals surface area contributed by atoms with Crippen LogP contribution in [-0.4, -0.2) is 30.3 Å². The maximum absolute atomic E-state index is 11.8. The number of carbonyl (C=O) groups excluding carboxylic acids is 2. The molecule has 114 valence electrons. The minimum atomic E-state index is -0.536. The zero-order valence-corrected chi connectivity index (χ0v) is 13.0. The molecule has 0 aromatic heterocycles. The predicted molar refractivity (Wildman–Crippen MR) is 76.3 cm³/mol. The van der Waals surface area contributed by atoms with Gasteiger partial charge in [-0.05, 0) is 33.1 Å². The number of carbonyl (C=O) groups is 2. The van der Waals surface area contributed by atoms with Crippen LogP contribution < -0.4 is 5.32 Å². The minimum Gasteiger partial charge on any atom is -0.462 e. The summed E-state index contributed by atoms with van der Waals surface area (Å²) in [6.07, 6.45) is 2.67. The van der Waals surface area contributed by atoms with Gasteiger partial charge in [0, 0.05) is 12.0 Å². The van der Waals surface area contributed by atoms with Gasteiger partial charge in [-0.25, -0.2) is 9.59 Å². The van der Waals surface area contributed by atoms with Gasteiger partial charge >= 0.3 is 12.1 Å². The maximum atomic E-state index is 11.8. The van der Waals surface area contributed by atoms with E-state index in [-0.39, 0.29) is 12.0 Å². The van der Waals surface area contributed by atoms with Gasteiger partial charge in [-0.2, -0.15) is 0 Å². The van der Waals surface area contributed by atoms with Crippen LogP contribution in [0.4, 0.5) is 4.79 Å². The molecule has 1 aliphatic heterocycles. The second-order valence-corrected chi connectivity index (χ2v) is 6.46. The van der Waals surface area contributed by atoms with Crippen molar-refractivity contribution in [3.63, 3.8) is 0 Å². The van der Waals surface area contributed by atoms with E-state index < -0.39 is 11.7 Å². The van der Waals surface area contributed by atoms with Gasteiger partial charge in [0.2, 0.25) is 0 Å². The molecule has 0 radical (unpaired) electrons. The summed E-state index contributed by atoms with van der Waals surface area (Å²) in [5.74, 6) is 0.106. The van der Waals surface area contributed by atoms with E-state index in [1.165, 1.54) is 0 Å². The van der Waals surface area contributed by atoms with Gasteiger partial charge in [0.15, 0.2) is 0 Å². The van der Waals surface area contributed by atoms with Gasteiger partial charge in [-0.1, -0.05) is 19.9 Å². The highest BCUT2D eigenvalue weighted by molar-refractivity contribution is 5.90. The van der Waals surface area contributed by atoms with Gasteiger partial charge in [0.1, 0.15) is 5.60 Å². The first-order valence-corrected chi connectivity index (χ1v) is 7.04. The summed E-state index contributed by atoms with van der Waals surface area (Å²) in [5.41, 5.74) is 0.0954. The van der Waals surface area contributed by atoms with Crippen LogP contribution in [0.3, 0.4) is 0 Å². The molecule has 0 aromatic carbocycles. The van der Waals surface area contributed by atoms with Crippen LogP contribution in [0.1, 0.15) is 47.5 Å². The Balaban J connectivity index is 2.69. The lowest BCUT2D eigenvalue weighted by molar-refractivity contribution is -0.135. The third kappa shape index (κ3) is 6.08. The van der Waals surface area contributed by atoms with E-state index in [0.717, 1.165) is 6.42 Å². The SMILES string of the molecule is CC(C)C[C@@H](/C=C1\CCOC1=O)NC(=O)OC(C)(C)C. The van der Waals surface area contributed by atoms with Crippen LogP contribution in [0.5, 0.6) is 0 Å². The van der Waals surface area contributed by atoms with Crippen molar-refractivity contribution in [1.29, 1.82) is 0 Å². The van der Waals surface area contributed by atoms with Crippen LogP contribution >= 0.6 is 0 Å². The predicted octanol–water partition coefficient (Wildman–Crippen LogP) is 2.80. The fraction of sp³-hybridized carbons (Fsp3) is 0.733. The zero-order valence-electron chi connectivity index (χ0n) is 13.0. The number of ether oxygens (including phenoxy) is 2. The Hall–Kier alpha value is -1.52. The molecule has 0 bridgehead atoms. The Morgan fingerprint density at radius 3 is 2.55 bits per heavy atom. The summed E-state index contributed by atoms with van der Waals surface area (Å²) in [7, 11) is 0. The molecule has 1 N–H and O–H groups in total. The fourth-order valence-electron chi connectivity index (χ4n) is 1.98. The number of hydrogen-bond donors (Lipinski definition) is 1. The van der Waals surface area contributed by atoms with Crippen LogP contribution in [-0.2, 0) is 14.3 Å². The number of hydrogen-bond acceptors (Lipinski definition) is 4. The molecule has 0 saturated carbocycles. The van der Waals surface area contributed by atoms with Crippen LogP contribution in [0.2, 0.25) is 0 Å². The number of esters is 1. The quantitative estimate of drug-likeness (QED) is 0.636. The minimum absolute atomic E-state index is 0.217. The van der Waals surface area contributed by atoms with Gasteiger partial charge in [0.05, 0.1) is 12.6 Å². The molecule has 1 amide bonds. The summed E-state index contributed by atoms with van der Waals surface area (Å²) in [6.45, 7) is 10.0. The van der Waals surface area contributed by atoms with E-state index in [1.807, 2.05) is 20.8 Å². The summed E-state index contributed by atoms with van der Waals surface area (Å²) in [4.78, 5) is 23.3. The van der Waals surface area contributed by atoms with Gasteiger partial charge < -0.3 is 14.8 Å². The van der Waals surface area contributed by atoms with Crippen molar-refractivity contribution in [2.24, 2.45) is 5.92 Å².